The van der Waals surface area contributed by atoms with E-state index in [0.717, 1.165) is 17.7 Å². The number of carbonyl (C=O) groups excluding carboxylic acids is 1. The van der Waals surface area contributed by atoms with Crippen LogP contribution in [0.1, 0.15) is 15.9 Å². The van der Waals surface area contributed by atoms with Crippen LogP contribution in [-0.4, -0.2) is 30.2 Å². The molecular weight excluding hydrogens is 264 g/mol. The molecule has 1 aliphatic heterocycles. The standard InChI is InChI=1S/C15H12O.C3H6O2/c16-15(14-9-5-2-6-10-14)12-11-13-7-3-1-4-8-13;4-1-3-2-5-3/h1-12H;3-4H,1-2H2/b12-11+;. The van der Waals surface area contributed by atoms with Crippen molar-refractivity contribution in [3.05, 3.63) is 77.9 Å². The number of hydrogen-bond donors (Lipinski definition) is 1. The SMILES string of the molecule is O=C(/C=C/c1ccccc1)c1ccccc1.OCC1CO1. The second-order valence-corrected chi connectivity index (χ2v) is 4.61. The van der Waals surface area contributed by atoms with Gasteiger partial charge in [-0.25, -0.2) is 0 Å². The molecule has 1 atom stereocenters. The predicted molar refractivity (Wildman–Crippen MR) is 83.1 cm³/mol. The Labute approximate surface area is 124 Å². The van der Waals surface area contributed by atoms with Crippen LogP contribution in [0.4, 0.5) is 0 Å². The van der Waals surface area contributed by atoms with Crippen LogP contribution in [0.5, 0.6) is 0 Å². The molecule has 3 heteroatoms. The molecule has 1 heterocycles. The monoisotopic (exact) mass is 282 g/mol. The Balaban J connectivity index is 0.000000272. The summed E-state index contributed by atoms with van der Waals surface area (Å²) < 4.78 is 4.61. The fraction of sp³-hybridized carbons (Fsp3) is 0.167. The van der Waals surface area contributed by atoms with Gasteiger partial charge < -0.3 is 9.84 Å². The smallest absolute Gasteiger partial charge is 0.185 e. The minimum Gasteiger partial charge on any atom is -0.394 e. The Kier molecular flexibility index (Phi) is 5.88. The maximum Gasteiger partial charge on any atom is 0.185 e. The van der Waals surface area contributed by atoms with Crippen molar-refractivity contribution < 1.29 is 14.6 Å². The van der Waals surface area contributed by atoms with Gasteiger partial charge in [-0.1, -0.05) is 66.7 Å². The lowest BCUT2D eigenvalue weighted by Crippen LogP contribution is -1.92. The number of allylic oxidation sites excluding steroid dienone is 1. The maximum atomic E-state index is 11.7. The summed E-state index contributed by atoms with van der Waals surface area (Å²) in [6.07, 6.45) is 3.62. The number of rotatable bonds is 4. The lowest BCUT2D eigenvalue weighted by Gasteiger charge is -1.94. The zero-order valence-electron chi connectivity index (χ0n) is 11.7. The van der Waals surface area contributed by atoms with E-state index in [-0.39, 0.29) is 18.5 Å². The van der Waals surface area contributed by atoms with Gasteiger partial charge in [-0.2, -0.15) is 0 Å². The molecule has 2 aromatic carbocycles. The minimum absolute atomic E-state index is 0.0319. The molecule has 3 rings (SSSR count). The van der Waals surface area contributed by atoms with Crippen LogP contribution in [-0.2, 0) is 4.74 Å². The Hall–Kier alpha value is -2.23. The molecule has 1 aliphatic rings. The highest BCUT2D eigenvalue weighted by atomic mass is 16.6. The second kappa shape index (κ2) is 8.15. The van der Waals surface area contributed by atoms with Crippen LogP contribution in [0, 0.1) is 0 Å². The molecule has 0 saturated carbocycles. The van der Waals surface area contributed by atoms with Crippen molar-refractivity contribution in [1.29, 1.82) is 0 Å². The van der Waals surface area contributed by atoms with Crippen LogP contribution in [0.15, 0.2) is 66.7 Å². The van der Waals surface area contributed by atoms with Crippen molar-refractivity contribution in [3.63, 3.8) is 0 Å². The van der Waals surface area contributed by atoms with E-state index in [9.17, 15) is 4.79 Å². The van der Waals surface area contributed by atoms with Gasteiger partial charge >= 0.3 is 0 Å². The summed E-state index contributed by atoms with van der Waals surface area (Å²) in [5, 5.41) is 8.08. The van der Waals surface area contributed by atoms with E-state index in [4.69, 9.17) is 5.11 Å². The van der Waals surface area contributed by atoms with E-state index in [1.54, 1.807) is 6.08 Å². The molecule has 0 amide bonds. The highest BCUT2D eigenvalue weighted by Crippen LogP contribution is 2.05. The van der Waals surface area contributed by atoms with E-state index < -0.39 is 0 Å². The van der Waals surface area contributed by atoms with Gasteiger partial charge in [0.15, 0.2) is 5.78 Å². The summed E-state index contributed by atoms with van der Waals surface area (Å²) in [7, 11) is 0. The van der Waals surface area contributed by atoms with Crippen LogP contribution in [0.2, 0.25) is 0 Å². The summed E-state index contributed by atoms with van der Waals surface area (Å²) in [5.41, 5.74) is 1.75. The molecule has 2 aromatic rings. The van der Waals surface area contributed by atoms with Gasteiger partial charge in [0.05, 0.1) is 13.2 Å². The van der Waals surface area contributed by atoms with Gasteiger partial charge in [0.2, 0.25) is 0 Å². The number of benzene rings is 2. The summed E-state index contributed by atoms with van der Waals surface area (Å²) in [5.74, 6) is 0.0319. The quantitative estimate of drug-likeness (QED) is 0.533. The number of ketones is 1. The molecule has 0 aromatic heterocycles. The summed E-state index contributed by atoms with van der Waals surface area (Å²) in [6.45, 7) is 0.955. The number of carbonyl (C=O) groups is 1. The van der Waals surface area contributed by atoms with Gasteiger partial charge in [0, 0.05) is 5.56 Å². The predicted octanol–water partition coefficient (Wildman–Crippen LogP) is 2.96. The molecule has 1 N–H and O–H groups in total. The fourth-order valence-electron chi connectivity index (χ4n) is 1.61. The summed E-state index contributed by atoms with van der Waals surface area (Å²) >= 11 is 0. The van der Waals surface area contributed by atoms with Crippen molar-refractivity contribution in [3.8, 4) is 0 Å². The molecule has 0 aliphatic carbocycles. The number of epoxide rings is 1. The number of ether oxygens (including phenoxy) is 1. The highest BCUT2D eigenvalue weighted by Gasteiger charge is 2.19. The first kappa shape index (κ1) is 15.2. The van der Waals surface area contributed by atoms with Crippen molar-refractivity contribution in [2.45, 2.75) is 6.10 Å². The number of aliphatic hydroxyl groups is 1. The third-order valence-electron chi connectivity index (χ3n) is 2.89. The molecule has 1 unspecified atom stereocenters. The molecule has 108 valence electrons. The third kappa shape index (κ3) is 5.73. The van der Waals surface area contributed by atoms with Crippen LogP contribution in [0.3, 0.4) is 0 Å². The Morgan fingerprint density at radius 2 is 1.67 bits per heavy atom. The normalized spacial score (nSPS) is 16.1. The van der Waals surface area contributed by atoms with E-state index in [1.807, 2.05) is 66.7 Å². The average molecular weight is 282 g/mol. The number of aliphatic hydroxyl groups excluding tert-OH is 1. The van der Waals surface area contributed by atoms with E-state index in [2.05, 4.69) is 4.74 Å². The summed E-state index contributed by atoms with van der Waals surface area (Å²) in [4.78, 5) is 11.7. The lowest BCUT2D eigenvalue weighted by atomic mass is 10.1. The van der Waals surface area contributed by atoms with Crippen molar-refractivity contribution in [1.82, 2.24) is 0 Å². The Bertz CT molecular complexity index is 572. The first-order valence-electron chi connectivity index (χ1n) is 6.84. The molecule has 0 bridgehead atoms. The second-order valence-electron chi connectivity index (χ2n) is 4.61. The van der Waals surface area contributed by atoms with Gasteiger partial charge in [-0.05, 0) is 11.6 Å². The molecule has 3 nitrogen and oxygen atoms in total. The topological polar surface area (TPSA) is 49.8 Å². The summed E-state index contributed by atoms with van der Waals surface area (Å²) in [6, 6.07) is 19.1. The molecular formula is C18H18O3. The van der Waals surface area contributed by atoms with Gasteiger partial charge in [-0.15, -0.1) is 0 Å². The van der Waals surface area contributed by atoms with E-state index >= 15 is 0 Å². The lowest BCUT2D eigenvalue weighted by molar-refractivity contribution is 0.104. The maximum absolute atomic E-state index is 11.7. The zero-order valence-corrected chi connectivity index (χ0v) is 11.7. The minimum atomic E-state index is 0.0319. The van der Waals surface area contributed by atoms with Gasteiger partial charge in [0.25, 0.3) is 0 Å². The van der Waals surface area contributed by atoms with Crippen molar-refractivity contribution in [2.75, 3.05) is 13.2 Å². The molecule has 0 radical (unpaired) electrons. The van der Waals surface area contributed by atoms with Crippen LogP contribution >= 0.6 is 0 Å². The van der Waals surface area contributed by atoms with Crippen molar-refractivity contribution in [2.24, 2.45) is 0 Å². The Morgan fingerprint density at radius 1 is 1.10 bits per heavy atom. The molecule has 1 fully saturated rings. The fourth-order valence-corrected chi connectivity index (χ4v) is 1.61. The average Bonchev–Trinajstić information content (AvgIpc) is 3.39. The first-order chi connectivity index (χ1) is 10.3. The third-order valence-corrected chi connectivity index (χ3v) is 2.89. The van der Waals surface area contributed by atoms with Crippen LogP contribution < -0.4 is 0 Å². The van der Waals surface area contributed by atoms with Crippen LogP contribution in [0.25, 0.3) is 6.08 Å². The molecule has 21 heavy (non-hydrogen) atoms. The number of hydrogen-bond acceptors (Lipinski definition) is 3. The van der Waals surface area contributed by atoms with E-state index in [1.165, 1.54) is 0 Å². The molecule has 0 spiro atoms. The highest BCUT2D eigenvalue weighted by molar-refractivity contribution is 6.06. The van der Waals surface area contributed by atoms with Gasteiger partial charge in [-0.3, -0.25) is 4.79 Å². The first-order valence-corrected chi connectivity index (χ1v) is 6.84. The Morgan fingerprint density at radius 3 is 2.14 bits per heavy atom. The largest absolute Gasteiger partial charge is 0.394 e. The van der Waals surface area contributed by atoms with Gasteiger partial charge in [0.1, 0.15) is 6.10 Å². The van der Waals surface area contributed by atoms with E-state index in [0.29, 0.717) is 0 Å². The molecule has 1 saturated heterocycles. The zero-order chi connectivity index (χ0) is 14.9. The van der Waals surface area contributed by atoms with Crippen molar-refractivity contribution >= 4 is 11.9 Å².